The van der Waals surface area contributed by atoms with Crippen molar-refractivity contribution in [3.63, 3.8) is 0 Å². The van der Waals surface area contributed by atoms with E-state index in [1.165, 1.54) is 16.7 Å². The van der Waals surface area contributed by atoms with Gasteiger partial charge in [-0.25, -0.2) is 0 Å². The van der Waals surface area contributed by atoms with Gasteiger partial charge in [0.25, 0.3) is 0 Å². The molecule has 2 aromatic carbocycles. The van der Waals surface area contributed by atoms with Crippen LogP contribution in [0.5, 0.6) is 5.75 Å². The lowest BCUT2D eigenvalue weighted by Gasteiger charge is -2.36. The van der Waals surface area contributed by atoms with Crippen LogP contribution < -0.4 is 10.1 Å². The number of anilines is 1. The molecule has 2 heterocycles. The van der Waals surface area contributed by atoms with E-state index in [1.54, 1.807) is 0 Å². The van der Waals surface area contributed by atoms with Gasteiger partial charge in [-0.05, 0) is 53.5 Å². The van der Waals surface area contributed by atoms with Crippen LogP contribution in [-0.4, -0.2) is 47.7 Å². The number of hydrogen-bond acceptors (Lipinski definition) is 3. The summed E-state index contributed by atoms with van der Waals surface area (Å²) in [5.74, 6) is 1.06. The zero-order valence-corrected chi connectivity index (χ0v) is 16.7. The smallest absolute Gasteiger partial charge is 0.173 e. The van der Waals surface area contributed by atoms with Crippen LogP contribution >= 0.6 is 12.2 Å². The Bertz CT molecular complexity index is 798. The molecule has 0 spiro atoms. The molecule has 0 aliphatic carbocycles. The third kappa shape index (κ3) is 4.42. The molecule has 0 radical (unpaired) electrons. The lowest BCUT2D eigenvalue weighted by atomic mass is 10.1. The van der Waals surface area contributed by atoms with Crippen LogP contribution in [-0.2, 0) is 19.4 Å². The number of piperazine rings is 1. The molecule has 4 rings (SSSR count). The summed E-state index contributed by atoms with van der Waals surface area (Å²) in [6.07, 6.45) is 2.10. The first-order chi connectivity index (χ1) is 13.2. The lowest BCUT2D eigenvalue weighted by Crippen LogP contribution is -2.49. The number of rotatable bonds is 4. The fraction of sp³-hybridized carbons (Fsp3) is 0.409. The molecular formula is C22H27N3OS. The maximum absolute atomic E-state index is 5.62. The molecule has 1 N–H and O–H groups in total. The third-order valence-corrected chi connectivity index (χ3v) is 5.79. The van der Waals surface area contributed by atoms with E-state index in [-0.39, 0.29) is 0 Å². The molecule has 4 nitrogen and oxygen atoms in total. The monoisotopic (exact) mass is 381 g/mol. The standard InChI is InChI=1S/C22H27N3OS/c1-2-17-3-6-20(7-4-17)23-22(27)25-12-10-24(11-13-25)16-18-5-8-21-19(15-18)9-14-26-21/h3-8,15H,2,9-14,16H2,1H3,(H,23,27). The van der Waals surface area contributed by atoms with E-state index < -0.39 is 0 Å². The molecule has 2 aliphatic rings. The van der Waals surface area contributed by atoms with Gasteiger partial charge >= 0.3 is 0 Å². The van der Waals surface area contributed by atoms with Crippen molar-refractivity contribution in [1.29, 1.82) is 0 Å². The van der Waals surface area contributed by atoms with Crippen LogP contribution in [0.1, 0.15) is 23.6 Å². The van der Waals surface area contributed by atoms with E-state index in [2.05, 4.69) is 64.5 Å². The Morgan fingerprint density at radius 1 is 1.04 bits per heavy atom. The maximum atomic E-state index is 5.62. The Balaban J connectivity index is 1.27. The first kappa shape index (κ1) is 18.3. The topological polar surface area (TPSA) is 27.7 Å². The Morgan fingerprint density at radius 3 is 2.52 bits per heavy atom. The molecule has 0 saturated carbocycles. The summed E-state index contributed by atoms with van der Waals surface area (Å²) in [4.78, 5) is 4.78. The van der Waals surface area contributed by atoms with Crippen molar-refractivity contribution in [3.8, 4) is 5.75 Å². The van der Waals surface area contributed by atoms with Crippen LogP contribution in [0.3, 0.4) is 0 Å². The number of ether oxygens (including phenoxy) is 1. The Hall–Kier alpha value is -2.11. The number of nitrogens with zero attached hydrogens (tertiary/aromatic N) is 2. The lowest BCUT2D eigenvalue weighted by molar-refractivity contribution is 0.177. The summed E-state index contributed by atoms with van der Waals surface area (Å²) >= 11 is 5.62. The van der Waals surface area contributed by atoms with Gasteiger partial charge in [0.05, 0.1) is 6.61 Å². The van der Waals surface area contributed by atoms with Crippen LogP contribution in [0.15, 0.2) is 42.5 Å². The molecule has 0 aromatic heterocycles. The average molecular weight is 382 g/mol. The summed E-state index contributed by atoms with van der Waals surface area (Å²) < 4.78 is 5.60. The largest absolute Gasteiger partial charge is 0.493 e. The van der Waals surface area contributed by atoms with E-state index in [0.717, 1.165) is 68.7 Å². The van der Waals surface area contributed by atoms with Gasteiger partial charge in [-0.3, -0.25) is 4.90 Å². The molecule has 0 bridgehead atoms. The van der Waals surface area contributed by atoms with Crippen LogP contribution in [0.4, 0.5) is 5.69 Å². The third-order valence-electron chi connectivity index (χ3n) is 5.43. The molecule has 27 heavy (non-hydrogen) atoms. The molecule has 1 saturated heterocycles. The molecule has 0 amide bonds. The van der Waals surface area contributed by atoms with Gasteiger partial charge in [0, 0.05) is 44.8 Å². The van der Waals surface area contributed by atoms with E-state index in [4.69, 9.17) is 17.0 Å². The minimum absolute atomic E-state index is 0.822. The van der Waals surface area contributed by atoms with Crippen LogP contribution in [0, 0.1) is 0 Å². The molecule has 142 valence electrons. The second-order valence-corrected chi connectivity index (χ2v) is 7.67. The molecule has 0 atom stereocenters. The second kappa shape index (κ2) is 8.28. The summed E-state index contributed by atoms with van der Waals surface area (Å²) in [5, 5.41) is 4.21. The average Bonchev–Trinajstić information content (AvgIpc) is 3.17. The summed E-state index contributed by atoms with van der Waals surface area (Å²) in [6, 6.07) is 15.2. The van der Waals surface area contributed by atoms with Crippen molar-refractivity contribution >= 4 is 23.0 Å². The van der Waals surface area contributed by atoms with E-state index in [1.807, 2.05) is 0 Å². The van der Waals surface area contributed by atoms with Gasteiger partial charge < -0.3 is 15.0 Å². The number of hydrogen-bond donors (Lipinski definition) is 1. The minimum atomic E-state index is 0.822. The fourth-order valence-electron chi connectivity index (χ4n) is 3.73. The van der Waals surface area contributed by atoms with Gasteiger partial charge in [-0.1, -0.05) is 31.2 Å². The van der Waals surface area contributed by atoms with Gasteiger partial charge in [-0.2, -0.15) is 0 Å². The number of fused-ring (bicyclic) bond motifs is 1. The quantitative estimate of drug-likeness (QED) is 0.816. The van der Waals surface area contributed by atoms with Crippen molar-refractivity contribution < 1.29 is 4.74 Å². The first-order valence-corrected chi connectivity index (χ1v) is 10.2. The normalized spacial score (nSPS) is 16.7. The second-order valence-electron chi connectivity index (χ2n) is 7.28. The maximum Gasteiger partial charge on any atom is 0.173 e. The highest BCUT2D eigenvalue weighted by Crippen LogP contribution is 2.26. The van der Waals surface area contributed by atoms with Crippen molar-refractivity contribution in [2.45, 2.75) is 26.3 Å². The number of nitrogens with one attached hydrogen (secondary N) is 1. The predicted octanol–water partition coefficient (Wildman–Crippen LogP) is 3.70. The van der Waals surface area contributed by atoms with Crippen LogP contribution in [0.25, 0.3) is 0 Å². The Morgan fingerprint density at radius 2 is 1.78 bits per heavy atom. The van der Waals surface area contributed by atoms with Gasteiger partial charge in [0.15, 0.2) is 5.11 Å². The highest BCUT2D eigenvalue weighted by Gasteiger charge is 2.20. The number of benzene rings is 2. The molecule has 2 aromatic rings. The zero-order valence-electron chi connectivity index (χ0n) is 15.9. The van der Waals surface area contributed by atoms with Crippen molar-refractivity contribution in [2.75, 3.05) is 38.1 Å². The highest BCUT2D eigenvalue weighted by molar-refractivity contribution is 7.80. The molecule has 5 heteroatoms. The fourth-order valence-corrected chi connectivity index (χ4v) is 4.03. The van der Waals surface area contributed by atoms with Crippen molar-refractivity contribution in [3.05, 3.63) is 59.2 Å². The van der Waals surface area contributed by atoms with Crippen molar-refractivity contribution in [1.82, 2.24) is 9.80 Å². The van der Waals surface area contributed by atoms with E-state index >= 15 is 0 Å². The number of aryl methyl sites for hydroxylation is 1. The highest BCUT2D eigenvalue weighted by atomic mass is 32.1. The van der Waals surface area contributed by atoms with Gasteiger partial charge in [-0.15, -0.1) is 0 Å². The zero-order chi connectivity index (χ0) is 18.6. The molecule has 1 fully saturated rings. The molecular weight excluding hydrogens is 354 g/mol. The minimum Gasteiger partial charge on any atom is -0.493 e. The Labute approximate surface area is 167 Å². The van der Waals surface area contributed by atoms with Gasteiger partial charge in [0.2, 0.25) is 0 Å². The molecule has 0 unspecified atom stereocenters. The van der Waals surface area contributed by atoms with Crippen LogP contribution in [0.2, 0.25) is 0 Å². The summed E-state index contributed by atoms with van der Waals surface area (Å²) in [6.45, 7) is 7.99. The summed E-state index contributed by atoms with van der Waals surface area (Å²) in [5.41, 5.74) is 5.15. The number of thiocarbonyl (C=S) groups is 1. The molecule has 2 aliphatic heterocycles. The Kier molecular flexibility index (Phi) is 5.60. The van der Waals surface area contributed by atoms with E-state index in [9.17, 15) is 0 Å². The SMILES string of the molecule is CCc1ccc(NC(=S)N2CCN(Cc3ccc4c(c3)CCO4)CC2)cc1. The van der Waals surface area contributed by atoms with E-state index in [0.29, 0.717) is 0 Å². The summed E-state index contributed by atoms with van der Waals surface area (Å²) in [7, 11) is 0. The van der Waals surface area contributed by atoms with Gasteiger partial charge in [0.1, 0.15) is 5.75 Å². The first-order valence-electron chi connectivity index (χ1n) is 9.83. The van der Waals surface area contributed by atoms with Crippen molar-refractivity contribution in [2.24, 2.45) is 0 Å². The predicted molar refractivity (Wildman–Crippen MR) is 115 cm³/mol.